The van der Waals surface area contributed by atoms with E-state index in [-0.39, 0.29) is 18.5 Å². The van der Waals surface area contributed by atoms with E-state index >= 15 is 0 Å². The summed E-state index contributed by atoms with van der Waals surface area (Å²) in [6.07, 6.45) is 0.422. The van der Waals surface area contributed by atoms with Gasteiger partial charge in [0.1, 0.15) is 18.1 Å². The number of carbonyl (C=O) groups is 2. The minimum Gasteiger partial charge on any atom is -0.456 e. The third-order valence-electron chi connectivity index (χ3n) is 5.28. The van der Waals surface area contributed by atoms with Crippen molar-refractivity contribution in [3.63, 3.8) is 0 Å². The molecular weight excluding hydrogens is 410 g/mol. The topological polar surface area (TPSA) is 95.8 Å². The molecule has 0 saturated carbocycles. The first-order valence-corrected chi connectivity index (χ1v) is 9.42. The summed E-state index contributed by atoms with van der Waals surface area (Å²) in [4.78, 5) is 25.1. The Hall–Kier alpha value is -2.69. The average Bonchev–Trinajstić information content (AvgIpc) is 3.24. The number of amides is 1. The fourth-order valence-electron chi connectivity index (χ4n) is 3.84. The lowest BCUT2D eigenvalue weighted by Crippen LogP contribution is -2.89. The van der Waals surface area contributed by atoms with E-state index in [1.54, 1.807) is 18.2 Å². The highest BCUT2D eigenvalue weighted by atomic mass is 79.9. The van der Waals surface area contributed by atoms with Crippen molar-refractivity contribution in [1.82, 2.24) is 0 Å². The number of carbonyl (C=O) groups excluding carboxylic acids is 2. The number of nitrogens with one attached hydrogen (secondary N) is 1. The second-order valence-corrected chi connectivity index (χ2v) is 7.72. The van der Waals surface area contributed by atoms with Crippen LogP contribution in [0.4, 0.5) is 5.69 Å². The van der Waals surface area contributed by atoms with Gasteiger partial charge in [0, 0.05) is 16.6 Å². The quantitative estimate of drug-likeness (QED) is 0.728. The SMILES string of the molecule is N#Cc1ccc(COC(=O)[C@H]2C[C@]3(C[NH2+]2)C(=O)Nc2ccccc23)cc1Br. The molecule has 4 rings (SSSR count). The summed E-state index contributed by atoms with van der Waals surface area (Å²) in [6.45, 7) is 0.654. The fourth-order valence-corrected chi connectivity index (χ4v) is 4.36. The Morgan fingerprint density at radius 1 is 1.37 bits per heavy atom. The van der Waals surface area contributed by atoms with Gasteiger partial charge in [0.25, 0.3) is 0 Å². The number of nitrogens with zero attached hydrogens (tertiary/aromatic N) is 1. The molecule has 27 heavy (non-hydrogen) atoms. The predicted molar refractivity (Wildman–Crippen MR) is 101 cm³/mol. The third kappa shape index (κ3) is 3.01. The van der Waals surface area contributed by atoms with Crippen molar-refractivity contribution >= 4 is 33.5 Å². The van der Waals surface area contributed by atoms with Crippen LogP contribution in [-0.4, -0.2) is 24.5 Å². The van der Waals surface area contributed by atoms with E-state index in [0.29, 0.717) is 23.0 Å². The molecule has 2 aliphatic rings. The van der Waals surface area contributed by atoms with Crippen molar-refractivity contribution in [3.05, 3.63) is 63.6 Å². The second kappa shape index (κ2) is 6.80. The van der Waals surface area contributed by atoms with Gasteiger partial charge < -0.3 is 15.4 Å². The van der Waals surface area contributed by atoms with Crippen LogP contribution in [-0.2, 0) is 26.3 Å². The van der Waals surface area contributed by atoms with Crippen LogP contribution in [0.1, 0.15) is 23.1 Å². The first-order chi connectivity index (χ1) is 13.0. The van der Waals surface area contributed by atoms with Gasteiger partial charge in [-0.15, -0.1) is 0 Å². The van der Waals surface area contributed by atoms with E-state index in [4.69, 9.17) is 10.00 Å². The number of nitrogens with two attached hydrogens (primary N) is 1. The van der Waals surface area contributed by atoms with Gasteiger partial charge in [-0.05, 0) is 45.3 Å². The molecule has 0 aliphatic carbocycles. The Morgan fingerprint density at radius 3 is 2.96 bits per heavy atom. The molecule has 7 heteroatoms. The number of fused-ring (bicyclic) bond motifs is 2. The molecule has 1 fully saturated rings. The second-order valence-electron chi connectivity index (χ2n) is 6.87. The predicted octanol–water partition coefficient (Wildman–Crippen LogP) is 1.59. The maximum atomic E-state index is 12.6. The number of hydrogen-bond donors (Lipinski definition) is 2. The summed E-state index contributed by atoms with van der Waals surface area (Å²) in [5, 5.41) is 13.8. The maximum absolute atomic E-state index is 12.6. The van der Waals surface area contributed by atoms with Crippen LogP contribution >= 0.6 is 15.9 Å². The standard InChI is InChI=1S/C20H16BrN3O3/c21-15-7-12(5-6-13(15)9-22)10-27-18(25)17-8-20(11-23-17)14-3-1-2-4-16(14)24-19(20)26/h1-7,17,23H,8,10-11H2,(H,24,26)/p+1/t17-,20-/m1/s1. The van der Waals surface area contributed by atoms with Crippen LogP contribution in [0, 0.1) is 11.3 Å². The zero-order valence-corrected chi connectivity index (χ0v) is 16.0. The Bertz CT molecular complexity index is 985. The van der Waals surface area contributed by atoms with Gasteiger partial charge in [0.15, 0.2) is 6.04 Å². The molecule has 2 aromatic carbocycles. The number of esters is 1. The molecule has 2 atom stereocenters. The number of benzene rings is 2. The van der Waals surface area contributed by atoms with Crippen LogP contribution in [0.15, 0.2) is 46.9 Å². The van der Waals surface area contributed by atoms with Crippen LogP contribution < -0.4 is 10.6 Å². The molecule has 6 nitrogen and oxygen atoms in total. The van der Waals surface area contributed by atoms with Crippen LogP contribution in [0.2, 0.25) is 0 Å². The Kier molecular flexibility index (Phi) is 4.46. The summed E-state index contributed by atoms with van der Waals surface area (Å²) in [5.74, 6) is -0.379. The molecule has 1 saturated heterocycles. The maximum Gasteiger partial charge on any atom is 0.365 e. The molecular formula is C20H17BrN3O3+. The Morgan fingerprint density at radius 2 is 2.19 bits per heavy atom. The highest BCUT2D eigenvalue weighted by molar-refractivity contribution is 9.10. The minimum absolute atomic E-state index is 0.0497. The van der Waals surface area contributed by atoms with Crippen LogP contribution in [0.3, 0.4) is 0 Å². The number of nitriles is 1. The number of para-hydroxylation sites is 1. The summed E-state index contributed by atoms with van der Waals surface area (Å²) in [5.41, 5.74) is 2.44. The molecule has 0 radical (unpaired) electrons. The molecule has 0 aromatic heterocycles. The average molecular weight is 427 g/mol. The lowest BCUT2D eigenvalue weighted by Gasteiger charge is -2.16. The first-order valence-electron chi connectivity index (χ1n) is 8.63. The highest BCUT2D eigenvalue weighted by Gasteiger charge is 2.56. The number of ether oxygens (including phenoxy) is 1. The number of quaternary nitrogens is 1. The molecule has 1 spiro atoms. The Balaban J connectivity index is 1.44. The summed E-state index contributed by atoms with van der Waals surface area (Å²) in [7, 11) is 0. The van der Waals surface area contributed by atoms with E-state index in [1.165, 1.54) is 0 Å². The lowest BCUT2D eigenvalue weighted by atomic mass is 9.79. The number of halogens is 1. The lowest BCUT2D eigenvalue weighted by molar-refractivity contribution is -0.661. The van der Waals surface area contributed by atoms with Crippen molar-refractivity contribution in [2.24, 2.45) is 0 Å². The van der Waals surface area contributed by atoms with Gasteiger partial charge in [-0.25, -0.2) is 4.79 Å². The van der Waals surface area contributed by atoms with E-state index in [2.05, 4.69) is 27.3 Å². The molecule has 0 bridgehead atoms. The van der Waals surface area contributed by atoms with Crippen molar-refractivity contribution in [2.45, 2.75) is 24.5 Å². The fraction of sp³-hybridized carbons (Fsp3) is 0.250. The van der Waals surface area contributed by atoms with Gasteiger partial charge in [-0.3, -0.25) is 4.79 Å². The summed E-state index contributed by atoms with van der Waals surface area (Å²) < 4.78 is 6.13. The normalized spacial score (nSPS) is 23.0. The third-order valence-corrected chi connectivity index (χ3v) is 5.94. The van der Waals surface area contributed by atoms with E-state index < -0.39 is 11.5 Å². The zero-order valence-electron chi connectivity index (χ0n) is 14.4. The van der Waals surface area contributed by atoms with E-state index in [0.717, 1.165) is 16.8 Å². The van der Waals surface area contributed by atoms with Crippen molar-refractivity contribution in [3.8, 4) is 6.07 Å². The molecule has 2 aliphatic heterocycles. The van der Waals surface area contributed by atoms with E-state index in [1.807, 2.05) is 29.6 Å². The molecule has 1 amide bonds. The molecule has 0 unspecified atom stereocenters. The Labute approximate surface area is 164 Å². The smallest absolute Gasteiger partial charge is 0.365 e. The molecule has 3 N–H and O–H groups in total. The zero-order chi connectivity index (χ0) is 19.0. The number of anilines is 1. The van der Waals surface area contributed by atoms with Gasteiger partial charge in [0.2, 0.25) is 5.91 Å². The number of rotatable bonds is 3. The van der Waals surface area contributed by atoms with E-state index in [9.17, 15) is 9.59 Å². The van der Waals surface area contributed by atoms with Crippen molar-refractivity contribution < 1.29 is 19.6 Å². The van der Waals surface area contributed by atoms with Gasteiger partial charge in [-0.1, -0.05) is 24.3 Å². The van der Waals surface area contributed by atoms with Crippen molar-refractivity contribution in [1.29, 1.82) is 5.26 Å². The summed E-state index contributed by atoms with van der Waals surface area (Å²) in [6, 6.07) is 14.5. The molecule has 2 heterocycles. The molecule has 136 valence electrons. The van der Waals surface area contributed by atoms with Gasteiger partial charge in [0.05, 0.1) is 12.1 Å². The monoisotopic (exact) mass is 426 g/mol. The summed E-state index contributed by atoms with van der Waals surface area (Å²) >= 11 is 3.33. The van der Waals surface area contributed by atoms with Gasteiger partial charge >= 0.3 is 5.97 Å². The highest BCUT2D eigenvalue weighted by Crippen LogP contribution is 2.41. The van der Waals surface area contributed by atoms with Crippen LogP contribution in [0.5, 0.6) is 0 Å². The number of hydrogen-bond acceptors (Lipinski definition) is 4. The molecule has 2 aromatic rings. The first kappa shape index (κ1) is 17.7. The minimum atomic E-state index is -0.669. The van der Waals surface area contributed by atoms with Gasteiger partial charge in [-0.2, -0.15) is 5.26 Å². The van der Waals surface area contributed by atoms with Crippen LogP contribution in [0.25, 0.3) is 0 Å². The largest absolute Gasteiger partial charge is 0.456 e. The van der Waals surface area contributed by atoms with Crippen molar-refractivity contribution in [2.75, 3.05) is 11.9 Å².